The van der Waals surface area contributed by atoms with Crippen LogP contribution in [0.1, 0.15) is 37.1 Å². The number of hydrogen-bond acceptors (Lipinski definition) is 2. The SMILES string of the molecule is CCC[C@H](N)c1ncc(C)cc1Br. The Hall–Kier alpha value is -0.410. The normalized spacial score (nSPS) is 12.9. The first-order valence-electron chi connectivity index (χ1n) is 4.52. The lowest BCUT2D eigenvalue weighted by molar-refractivity contribution is 0.618. The van der Waals surface area contributed by atoms with Gasteiger partial charge in [0.25, 0.3) is 0 Å². The first-order valence-corrected chi connectivity index (χ1v) is 5.32. The first kappa shape index (κ1) is 10.7. The third-order valence-electron chi connectivity index (χ3n) is 1.96. The van der Waals surface area contributed by atoms with Crippen molar-refractivity contribution in [3.05, 3.63) is 28.0 Å². The second-order valence-corrected chi connectivity index (χ2v) is 4.13. The van der Waals surface area contributed by atoms with Gasteiger partial charge in [0.1, 0.15) is 0 Å². The van der Waals surface area contributed by atoms with Gasteiger partial charge in [-0.25, -0.2) is 0 Å². The number of hydrogen-bond donors (Lipinski definition) is 1. The van der Waals surface area contributed by atoms with Gasteiger partial charge in [0.2, 0.25) is 0 Å². The van der Waals surface area contributed by atoms with Crippen molar-refractivity contribution in [2.24, 2.45) is 5.73 Å². The molecule has 1 aromatic heterocycles. The Balaban J connectivity index is 2.88. The van der Waals surface area contributed by atoms with E-state index in [1.54, 1.807) is 0 Å². The van der Waals surface area contributed by atoms with E-state index >= 15 is 0 Å². The number of halogens is 1. The van der Waals surface area contributed by atoms with Crippen LogP contribution in [-0.4, -0.2) is 4.98 Å². The van der Waals surface area contributed by atoms with E-state index in [2.05, 4.69) is 33.9 Å². The molecule has 0 saturated heterocycles. The summed E-state index contributed by atoms with van der Waals surface area (Å²) >= 11 is 3.48. The lowest BCUT2D eigenvalue weighted by atomic mass is 10.1. The largest absolute Gasteiger partial charge is 0.323 e. The van der Waals surface area contributed by atoms with Gasteiger partial charge in [-0.2, -0.15) is 0 Å². The molecule has 0 spiro atoms. The molecular weight excluding hydrogens is 228 g/mol. The zero-order valence-corrected chi connectivity index (χ0v) is 9.63. The Morgan fingerprint density at radius 2 is 2.31 bits per heavy atom. The molecule has 2 nitrogen and oxygen atoms in total. The van der Waals surface area contributed by atoms with Crippen LogP contribution in [-0.2, 0) is 0 Å². The molecule has 0 aliphatic carbocycles. The molecule has 0 radical (unpaired) electrons. The van der Waals surface area contributed by atoms with Crippen molar-refractivity contribution < 1.29 is 0 Å². The monoisotopic (exact) mass is 242 g/mol. The zero-order chi connectivity index (χ0) is 9.84. The maximum atomic E-state index is 5.96. The van der Waals surface area contributed by atoms with Gasteiger partial charge in [-0.05, 0) is 40.9 Å². The highest BCUT2D eigenvalue weighted by Gasteiger charge is 2.09. The molecule has 0 fully saturated rings. The molecule has 0 amide bonds. The van der Waals surface area contributed by atoms with Crippen molar-refractivity contribution in [2.75, 3.05) is 0 Å². The van der Waals surface area contributed by atoms with E-state index in [9.17, 15) is 0 Å². The molecule has 3 heteroatoms. The number of aromatic nitrogens is 1. The van der Waals surface area contributed by atoms with Crippen LogP contribution in [0.5, 0.6) is 0 Å². The topological polar surface area (TPSA) is 38.9 Å². The second-order valence-electron chi connectivity index (χ2n) is 3.27. The standard InChI is InChI=1S/C10H15BrN2/c1-3-4-9(12)10-8(11)5-7(2)6-13-10/h5-6,9H,3-4,12H2,1-2H3/t9-/m0/s1. The summed E-state index contributed by atoms with van der Waals surface area (Å²) in [4.78, 5) is 4.32. The average molecular weight is 243 g/mol. The van der Waals surface area contributed by atoms with Crippen LogP contribution in [0, 0.1) is 6.92 Å². The van der Waals surface area contributed by atoms with E-state index < -0.39 is 0 Å². The van der Waals surface area contributed by atoms with Crippen molar-refractivity contribution in [3.8, 4) is 0 Å². The fourth-order valence-electron chi connectivity index (χ4n) is 1.26. The molecule has 1 aromatic rings. The predicted octanol–water partition coefficient (Wildman–Crippen LogP) is 2.95. The van der Waals surface area contributed by atoms with Gasteiger partial charge in [-0.15, -0.1) is 0 Å². The van der Waals surface area contributed by atoms with Crippen LogP contribution in [0.3, 0.4) is 0 Å². The summed E-state index contributed by atoms with van der Waals surface area (Å²) in [5.74, 6) is 0. The van der Waals surface area contributed by atoms with Gasteiger partial charge < -0.3 is 5.73 Å². The van der Waals surface area contributed by atoms with Crippen LogP contribution in [0.25, 0.3) is 0 Å². The van der Waals surface area contributed by atoms with Crippen molar-refractivity contribution in [1.82, 2.24) is 4.98 Å². The fraction of sp³-hybridized carbons (Fsp3) is 0.500. The highest BCUT2D eigenvalue weighted by molar-refractivity contribution is 9.10. The zero-order valence-electron chi connectivity index (χ0n) is 8.05. The van der Waals surface area contributed by atoms with Crippen LogP contribution >= 0.6 is 15.9 Å². The van der Waals surface area contributed by atoms with Gasteiger partial charge in [0.05, 0.1) is 5.69 Å². The third kappa shape index (κ3) is 2.78. The Bertz CT molecular complexity index is 286. The Labute approximate surface area is 87.7 Å². The molecule has 0 bridgehead atoms. The second kappa shape index (κ2) is 4.72. The lowest BCUT2D eigenvalue weighted by Crippen LogP contribution is -2.12. The van der Waals surface area contributed by atoms with Gasteiger partial charge >= 0.3 is 0 Å². The smallest absolute Gasteiger partial charge is 0.0712 e. The molecule has 0 aliphatic heterocycles. The molecule has 13 heavy (non-hydrogen) atoms. The van der Waals surface area contributed by atoms with E-state index in [1.165, 1.54) is 0 Å². The quantitative estimate of drug-likeness (QED) is 0.886. The molecule has 1 atom stereocenters. The number of aryl methyl sites for hydroxylation is 1. The molecule has 72 valence electrons. The van der Waals surface area contributed by atoms with Crippen molar-refractivity contribution in [1.29, 1.82) is 0 Å². The van der Waals surface area contributed by atoms with Crippen LogP contribution < -0.4 is 5.73 Å². The van der Waals surface area contributed by atoms with E-state index in [1.807, 2.05) is 13.1 Å². The molecule has 1 rings (SSSR count). The van der Waals surface area contributed by atoms with E-state index in [-0.39, 0.29) is 6.04 Å². The van der Waals surface area contributed by atoms with E-state index in [0.29, 0.717) is 0 Å². The van der Waals surface area contributed by atoms with E-state index in [4.69, 9.17) is 5.73 Å². The molecule has 0 aliphatic rings. The summed E-state index contributed by atoms with van der Waals surface area (Å²) in [6.45, 7) is 4.15. The Kier molecular flexibility index (Phi) is 3.88. The highest BCUT2D eigenvalue weighted by atomic mass is 79.9. The summed E-state index contributed by atoms with van der Waals surface area (Å²) in [7, 11) is 0. The minimum absolute atomic E-state index is 0.0555. The van der Waals surface area contributed by atoms with Crippen LogP contribution in [0.2, 0.25) is 0 Å². The van der Waals surface area contributed by atoms with Crippen molar-refractivity contribution in [2.45, 2.75) is 32.7 Å². The lowest BCUT2D eigenvalue weighted by Gasteiger charge is -2.11. The average Bonchev–Trinajstić information content (AvgIpc) is 2.04. The van der Waals surface area contributed by atoms with Gasteiger partial charge in [0.15, 0.2) is 0 Å². The van der Waals surface area contributed by atoms with Crippen LogP contribution in [0.4, 0.5) is 0 Å². The predicted molar refractivity (Wildman–Crippen MR) is 58.5 cm³/mol. The summed E-state index contributed by atoms with van der Waals surface area (Å²) in [6, 6.07) is 2.11. The van der Waals surface area contributed by atoms with E-state index in [0.717, 1.165) is 28.6 Å². The molecule has 1 heterocycles. The summed E-state index contributed by atoms with van der Waals surface area (Å²) in [6.07, 6.45) is 3.92. The number of rotatable bonds is 3. The number of nitrogens with zero attached hydrogens (tertiary/aromatic N) is 1. The summed E-state index contributed by atoms with van der Waals surface area (Å²) in [5.41, 5.74) is 8.08. The summed E-state index contributed by atoms with van der Waals surface area (Å²) < 4.78 is 1.02. The minimum Gasteiger partial charge on any atom is -0.323 e. The van der Waals surface area contributed by atoms with Crippen LogP contribution in [0.15, 0.2) is 16.7 Å². The van der Waals surface area contributed by atoms with Gasteiger partial charge in [-0.3, -0.25) is 4.98 Å². The third-order valence-corrected chi connectivity index (χ3v) is 2.59. The van der Waals surface area contributed by atoms with Crippen molar-refractivity contribution >= 4 is 15.9 Å². The minimum atomic E-state index is 0.0555. The maximum absolute atomic E-state index is 5.96. The fourth-order valence-corrected chi connectivity index (χ4v) is 2.02. The van der Waals surface area contributed by atoms with Crippen molar-refractivity contribution in [3.63, 3.8) is 0 Å². The molecule has 0 unspecified atom stereocenters. The van der Waals surface area contributed by atoms with Gasteiger partial charge in [0, 0.05) is 16.7 Å². The Morgan fingerprint density at radius 3 is 2.85 bits per heavy atom. The number of pyridine rings is 1. The maximum Gasteiger partial charge on any atom is 0.0712 e. The first-order chi connectivity index (χ1) is 6.15. The molecule has 2 N–H and O–H groups in total. The molecular formula is C10H15BrN2. The Morgan fingerprint density at radius 1 is 1.62 bits per heavy atom. The summed E-state index contributed by atoms with van der Waals surface area (Å²) in [5, 5.41) is 0. The molecule has 0 saturated carbocycles. The molecule has 0 aromatic carbocycles. The highest BCUT2D eigenvalue weighted by Crippen LogP contribution is 2.23. The van der Waals surface area contributed by atoms with Gasteiger partial charge in [-0.1, -0.05) is 13.3 Å². The number of nitrogens with two attached hydrogens (primary N) is 1.